The van der Waals surface area contributed by atoms with Crippen molar-refractivity contribution in [3.05, 3.63) is 187 Å². The molecule has 5 heteroatoms. The number of aromatic nitrogens is 3. The summed E-state index contributed by atoms with van der Waals surface area (Å²) in [6, 6.07) is 63.6. The molecule has 8 aromatic carbocycles. The lowest BCUT2D eigenvalue weighted by atomic mass is 9.82. The van der Waals surface area contributed by atoms with Crippen molar-refractivity contribution in [1.29, 1.82) is 0 Å². The zero-order valence-electron chi connectivity index (χ0n) is 32.4. The summed E-state index contributed by atoms with van der Waals surface area (Å²) in [6.45, 7) is 4.62. The number of hydrogen-bond donors (Lipinski definition) is 0. The smallest absolute Gasteiger partial charge is 0.164 e. The van der Waals surface area contributed by atoms with Crippen molar-refractivity contribution in [2.75, 3.05) is 0 Å². The molecule has 12 rings (SSSR count). The second-order valence-corrected chi connectivity index (χ2v) is 18.1. The van der Waals surface area contributed by atoms with E-state index in [2.05, 4.69) is 190 Å². The summed E-state index contributed by atoms with van der Waals surface area (Å²) in [5.74, 6) is 1.98. The average Bonchev–Trinajstić information content (AvgIpc) is 3.93. The lowest BCUT2D eigenvalue weighted by Gasteiger charge is -2.21. The molecule has 0 aliphatic heterocycles. The maximum absolute atomic E-state index is 5.26. The Morgan fingerprint density at radius 1 is 0.339 bits per heavy atom. The maximum atomic E-state index is 5.26. The van der Waals surface area contributed by atoms with Gasteiger partial charge >= 0.3 is 0 Å². The molecule has 0 saturated carbocycles. The van der Waals surface area contributed by atoms with E-state index >= 15 is 0 Å². The zero-order chi connectivity index (χ0) is 39.2. The second-order valence-electron chi connectivity index (χ2n) is 16.0. The van der Waals surface area contributed by atoms with Gasteiger partial charge in [0.15, 0.2) is 17.5 Å². The molecule has 1 aliphatic carbocycles. The number of thiophene rings is 2. The van der Waals surface area contributed by atoms with Crippen LogP contribution in [-0.2, 0) is 5.41 Å². The first-order valence-corrected chi connectivity index (χ1v) is 21.6. The van der Waals surface area contributed by atoms with Gasteiger partial charge in [-0.25, -0.2) is 15.0 Å². The lowest BCUT2D eigenvalue weighted by Crippen LogP contribution is -2.14. The molecule has 3 nitrogen and oxygen atoms in total. The van der Waals surface area contributed by atoms with Gasteiger partial charge in [-0.1, -0.05) is 166 Å². The Morgan fingerprint density at radius 3 is 1.34 bits per heavy atom. The molecule has 11 aromatic rings. The highest BCUT2D eigenvalue weighted by Crippen LogP contribution is 2.51. The highest BCUT2D eigenvalue weighted by atomic mass is 32.1. The van der Waals surface area contributed by atoms with Crippen LogP contribution in [0.15, 0.2) is 176 Å². The van der Waals surface area contributed by atoms with Gasteiger partial charge < -0.3 is 0 Å². The van der Waals surface area contributed by atoms with Gasteiger partial charge in [-0.3, -0.25) is 0 Å². The fraction of sp³-hybridized carbons (Fsp3) is 0.0556. The van der Waals surface area contributed by atoms with Crippen molar-refractivity contribution in [2.45, 2.75) is 19.3 Å². The Bertz CT molecular complexity index is 3290. The Balaban J connectivity index is 0.963. The van der Waals surface area contributed by atoms with Crippen LogP contribution in [0.2, 0.25) is 0 Å². The van der Waals surface area contributed by atoms with Gasteiger partial charge in [0.05, 0.1) is 0 Å². The first-order chi connectivity index (χ1) is 29.0. The molecule has 0 bridgehead atoms. The number of benzene rings is 8. The van der Waals surface area contributed by atoms with Crippen LogP contribution in [0, 0.1) is 0 Å². The molecule has 0 fully saturated rings. The summed E-state index contributed by atoms with van der Waals surface area (Å²) in [7, 11) is 0. The standard InChI is InChI=1S/C54H35N3S2/c1-54(2)44-14-6-3-12-42(44)50-43(13-9-15-45(50)54)53-56-51(34-22-18-32(19-23-34)36-26-28-40-38-10-4-7-16-46(38)58-48(40)30-36)55-52(57-53)35-24-20-33(21-25-35)37-27-29-41-39-11-5-8-17-47(39)59-49(41)31-37/h3-31H,1-2H3. The van der Waals surface area contributed by atoms with Crippen molar-refractivity contribution in [2.24, 2.45) is 0 Å². The van der Waals surface area contributed by atoms with E-state index in [0.29, 0.717) is 17.5 Å². The first kappa shape index (κ1) is 34.3. The molecule has 278 valence electrons. The molecular weight excluding hydrogens is 755 g/mol. The molecule has 3 aromatic heterocycles. The van der Waals surface area contributed by atoms with Gasteiger partial charge in [0.25, 0.3) is 0 Å². The number of rotatable bonds is 5. The molecular formula is C54H35N3S2. The zero-order valence-corrected chi connectivity index (χ0v) is 34.0. The van der Waals surface area contributed by atoms with Crippen molar-refractivity contribution in [3.63, 3.8) is 0 Å². The van der Waals surface area contributed by atoms with E-state index in [1.807, 2.05) is 22.7 Å². The van der Waals surface area contributed by atoms with Crippen LogP contribution < -0.4 is 0 Å². The molecule has 0 N–H and O–H groups in total. The first-order valence-electron chi connectivity index (χ1n) is 20.0. The normalized spacial score (nSPS) is 13.1. The Labute approximate surface area is 350 Å². The van der Waals surface area contributed by atoms with E-state index < -0.39 is 0 Å². The largest absolute Gasteiger partial charge is 0.208 e. The minimum absolute atomic E-state index is 0.135. The van der Waals surface area contributed by atoms with Crippen LogP contribution >= 0.6 is 22.7 Å². The fourth-order valence-electron chi connectivity index (χ4n) is 9.13. The summed E-state index contributed by atoms with van der Waals surface area (Å²) in [4.78, 5) is 15.7. The summed E-state index contributed by atoms with van der Waals surface area (Å²) in [5.41, 5.74) is 12.5. The van der Waals surface area contributed by atoms with Crippen LogP contribution in [0.4, 0.5) is 0 Å². The summed E-state index contributed by atoms with van der Waals surface area (Å²) < 4.78 is 5.23. The van der Waals surface area contributed by atoms with Crippen molar-refractivity contribution < 1.29 is 0 Å². The molecule has 0 spiro atoms. The minimum Gasteiger partial charge on any atom is -0.208 e. The van der Waals surface area contributed by atoms with E-state index in [1.165, 1.54) is 73.7 Å². The fourth-order valence-corrected chi connectivity index (χ4v) is 11.4. The molecule has 3 heterocycles. The number of hydrogen-bond acceptors (Lipinski definition) is 5. The van der Waals surface area contributed by atoms with E-state index in [4.69, 9.17) is 15.0 Å². The molecule has 0 amide bonds. The Hall–Kier alpha value is -6.79. The van der Waals surface area contributed by atoms with Crippen LogP contribution in [0.1, 0.15) is 25.0 Å². The minimum atomic E-state index is -0.135. The van der Waals surface area contributed by atoms with E-state index in [1.54, 1.807) is 0 Å². The highest BCUT2D eigenvalue weighted by Gasteiger charge is 2.37. The third kappa shape index (κ3) is 5.50. The van der Waals surface area contributed by atoms with E-state index in [-0.39, 0.29) is 5.41 Å². The molecule has 0 unspecified atom stereocenters. The molecule has 59 heavy (non-hydrogen) atoms. The monoisotopic (exact) mass is 789 g/mol. The molecule has 0 atom stereocenters. The van der Waals surface area contributed by atoms with Crippen molar-refractivity contribution in [3.8, 4) is 67.5 Å². The van der Waals surface area contributed by atoms with Gasteiger partial charge in [-0.15, -0.1) is 22.7 Å². The number of fused-ring (bicyclic) bond motifs is 9. The topological polar surface area (TPSA) is 38.7 Å². The SMILES string of the molecule is CC1(C)c2ccccc2-c2c(-c3nc(-c4ccc(-c5ccc6c(c5)sc5ccccc56)cc4)nc(-c4ccc(-c5ccc6c(c5)sc5ccccc56)cc4)n3)cccc21. The quantitative estimate of drug-likeness (QED) is 0.174. The van der Waals surface area contributed by atoms with Crippen molar-refractivity contribution in [1.82, 2.24) is 15.0 Å². The third-order valence-corrected chi connectivity index (χ3v) is 14.5. The van der Waals surface area contributed by atoms with Crippen LogP contribution in [0.5, 0.6) is 0 Å². The van der Waals surface area contributed by atoms with Gasteiger partial charge in [-0.2, -0.15) is 0 Å². The van der Waals surface area contributed by atoms with E-state index in [0.717, 1.165) is 27.8 Å². The van der Waals surface area contributed by atoms with E-state index in [9.17, 15) is 0 Å². The predicted molar refractivity (Wildman–Crippen MR) is 250 cm³/mol. The average molecular weight is 790 g/mol. The Morgan fingerprint density at radius 2 is 0.763 bits per heavy atom. The Kier molecular flexibility index (Phi) is 7.62. The van der Waals surface area contributed by atoms with Gasteiger partial charge in [0.1, 0.15) is 0 Å². The lowest BCUT2D eigenvalue weighted by molar-refractivity contribution is 0.660. The highest BCUT2D eigenvalue weighted by molar-refractivity contribution is 7.26. The third-order valence-electron chi connectivity index (χ3n) is 12.2. The maximum Gasteiger partial charge on any atom is 0.164 e. The second kappa shape index (κ2) is 13.1. The summed E-state index contributed by atoms with van der Waals surface area (Å²) in [6.07, 6.45) is 0. The van der Waals surface area contributed by atoms with Crippen LogP contribution in [-0.4, -0.2) is 15.0 Å². The summed E-state index contributed by atoms with van der Waals surface area (Å²) >= 11 is 3.69. The molecule has 0 saturated heterocycles. The number of nitrogens with zero attached hydrogens (tertiary/aromatic N) is 3. The van der Waals surface area contributed by atoms with Crippen molar-refractivity contribution >= 4 is 63.0 Å². The predicted octanol–water partition coefficient (Wildman–Crippen LogP) is 15.2. The van der Waals surface area contributed by atoms with Gasteiger partial charge in [0.2, 0.25) is 0 Å². The van der Waals surface area contributed by atoms with Gasteiger partial charge in [0, 0.05) is 62.4 Å². The van der Waals surface area contributed by atoms with Gasteiger partial charge in [-0.05, 0) is 68.8 Å². The molecule has 1 aliphatic rings. The van der Waals surface area contributed by atoms with Crippen LogP contribution in [0.25, 0.3) is 108 Å². The van der Waals surface area contributed by atoms with Crippen LogP contribution in [0.3, 0.4) is 0 Å². The molecule has 0 radical (unpaired) electrons. The summed E-state index contributed by atoms with van der Waals surface area (Å²) in [5, 5.41) is 5.24.